The Labute approximate surface area is 408 Å². The maximum atomic E-state index is 13.4. The molecule has 2 saturated carbocycles. The van der Waals surface area contributed by atoms with Crippen molar-refractivity contribution in [1.29, 1.82) is 0 Å². The molecule has 2 aliphatic carbocycles. The van der Waals surface area contributed by atoms with E-state index in [2.05, 4.69) is 48.8 Å². The van der Waals surface area contributed by atoms with Crippen LogP contribution in [0.3, 0.4) is 0 Å². The molecule has 17 nitrogen and oxygen atoms in total. The topological polar surface area (TPSA) is 209 Å². The molecule has 8 aromatic rings. The summed E-state index contributed by atoms with van der Waals surface area (Å²) in [4.78, 5) is 33.3. The summed E-state index contributed by atoms with van der Waals surface area (Å²) in [6, 6.07) is 18.1. The lowest BCUT2D eigenvalue weighted by atomic mass is 9.91. The largest absolute Gasteiger partial charge is 0.335 e. The molecule has 2 amide bonds. The molecule has 0 radical (unpaired) electrons. The number of benzene rings is 2. The van der Waals surface area contributed by atoms with E-state index >= 15 is 0 Å². The fraction of sp³-hybridized carbons (Fsp3) is 0.431. The molecule has 19 heteroatoms. The quantitative estimate of drug-likeness (QED) is 0.130. The van der Waals surface area contributed by atoms with Gasteiger partial charge in [0.25, 0.3) is 20.0 Å². The third-order valence-electron chi connectivity index (χ3n) is 14.9. The fourth-order valence-corrected chi connectivity index (χ4v) is 12.8. The summed E-state index contributed by atoms with van der Waals surface area (Å²) >= 11 is 0. The SMILES string of the molecule is CC[C@@H]1CN(C(=O)NC2CCC2)C[C@@H]1c1cnc2cnc3c(ccn3S(=O)(=O)c3ccc(C)cc3)n12.CC[C@@H]1CNC[C@@H]1c1cnc2cnc3c(ccn3S(=O)(=O)c3ccc(C)cc3)n12.NC1CCC1. The second-order valence-corrected chi connectivity index (χ2v) is 23.1. The Balaban J connectivity index is 0.000000150. The van der Waals surface area contributed by atoms with E-state index in [0.29, 0.717) is 65.4 Å². The lowest BCUT2D eigenvalue weighted by molar-refractivity contribution is 0.194. The van der Waals surface area contributed by atoms with Crippen molar-refractivity contribution in [3.8, 4) is 0 Å². The molecule has 12 rings (SSSR count). The molecule has 0 spiro atoms. The van der Waals surface area contributed by atoms with E-state index in [1.54, 1.807) is 79.4 Å². The average molecular weight is 987 g/mol. The van der Waals surface area contributed by atoms with Gasteiger partial charge in [-0.05, 0) is 101 Å². The average Bonchev–Trinajstić information content (AvgIpc) is 4.20. The van der Waals surface area contributed by atoms with E-state index in [-0.39, 0.29) is 21.7 Å². The number of hydrogen-bond acceptors (Lipinski definition) is 11. The third-order valence-corrected chi connectivity index (χ3v) is 18.3. The molecule has 2 saturated heterocycles. The Morgan fingerprint density at radius 2 is 1.13 bits per heavy atom. The number of urea groups is 1. The number of carbonyl (C=O) groups is 1. The lowest BCUT2D eigenvalue weighted by Gasteiger charge is -2.29. The first-order valence-corrected chi connectivity index (χ1v) is 27.5. The number of nitrogens with two attached hydrogens (primary N) is 1. The minimum Gasteiger partial charge on any atom is -0.335 e. The van der Waals surface area contributed by atoms with E-state index in [1.807, 2.05) is 41.6 Å². The number of aromatic nitrogens is 8. The van der Waals surface area contributed by atoms with Gasteiger partial charge in [-0.2, -0.15) is 0 Å². The van der Waals surface area contributed by atoms with Crippen molar-refractivity contribution in [1.82, 2.24) is 52.2 Å². The molecule has 4 fully saturated rings. The Bertz CT molecular complexity index is 3410. The zero-order valence-electron chi connectivity index (χ0n) is 40.1. The first kappa shape index (κ1) is 47.5. The van der Waals surface area contributed by atoms with Crippen LogP contribution in [0.1, 0.15) is 99.6 Å². The highest BCUT2D eigenvalue weighted by Crippen LogP contribution is 2.37. The predicted molar refractivity (Wildman–Crippen MR) is 270 cm³/mol. The smallest absolute Gasteiger partial charge is 0.317 e. The van der Waals surface area contributed by atoms with Crippen LogP contribution < -0.4 is 16.4 Å². The van der Waals surface area contributed by atoms with Crippen molar-refractivity contribution in [3.05, 3.63) is 120 Å². The molecule has 8 heterocycles. The summed E-state index contributed by atoms with van der Waals surface area (Å²) in [6.45, 7) is 11.4. The van der Waals surface area contributed by atoms with E-state index < -0.39 is 20.0 Å². The molecule has 4 atom stereocenters. The maximum absolute atomic E-state index is 13.4. The molecule has 0 bridgehead atoms. The van der Waals surface area contributed by atoms with Gasteiger partial charge in [-0.1, -0.05) is 68.5 Å². The molecule has 70 heavy (non-hydrogen) atoms. The van der Waals surface area contributed by atoms with Gasteiger partial charge in [0.2, 0.25) is 0 Å². The zero-order chi connectivity index (χ0) is 48.9. The Hall–Kier alpha value is -6.15. The number of fused-ring (bicyclic) bond motifs is 6. The predicted octanol–water partition coefficient (Wildman–Crippen LogP) is 7.36. The van der Waals surface area contributed by atoms with Gasteiger partial charge in [-0.3, -0.25) is 8.80 Å². The third kappa shape index (κ3) is 8.74. The van der Waals surface area contributed by atoms with Crippen LogP contribution in [0.2, 0.25) is 0 Å². The highest BCUT2D eigenvalue weighted by Gasteiger charge is 2.38. The van der Waals surface area contributed by atoms with Crippen LogP contribution in [0.25, 0.3) is 33.6 Å². The number of aryl methyl sites for hydroxylation is 2. The monoisotopic (exact) mass is 986 g/mol. The molecule has 2 aromatic carbocycles. The molecule has 368 valence electrons. The molecule has 2 aliphatic heterocycles. The summed E-state index contributed by atoms with van der Waals surface area (Å²) < 4.78 is 59.8. The second-order valence-electron chi connectivity index (χ2n) is 19.4. The Morgan fingerprint density at radius 1 is 0.643 bits per heavy atom. The number of amides is 2. The Kier molecular flexibility index (Phi) is 13.0. The van der Waals surface area contributed by atoms with Crippen LogP contribution in [-0.2, 0) is 20.0 Å². The van der Waals surface area contributed by atoms with Crippen LogP contribution in [0.15, 0.2) is 108 Å². The zero-order valence-corrected chi connectivity index (χ0v) is 41.8. The molecular weight excluding hydrogens is 925 g/mol. The minimum absolute atomic E-state index is 0.0108. The highest BCUT2D eigenvalue weighted by atomic mass is 32.2. The van der Waals surface area contributed by atoms with Crippen molar-refractivity contribution in [3.63, 3.8) is 0 Å². The van der Waals surface area contributed by atoms with Crippen molar-refractivity contribution >= 4 is 59.7 Å². The van der Waals surface area contributed by atoms with Crippen molar-refractivity contribution in [2.45, 2.75) is 113 Å². The van der Waals surface area contributed by atoms with Gasteiger partial charge >= 0.3 is 6.03 Å². The standard InChI is InChI=1S/C26H30N6O3S.C21H23N5O2S.C4H9N/c1-3-18-15-30(26(33)29-19-5-4-6-19)16-21(18)23-13-27-24-14-28-25-22(32(23)24)11-12-31(25)36(34,35)20-9-7-17(2)8-10-20;1-3-15-10-22-11-17(15)19-12-23-20-13-24-21-18(26(19)20)8-9-25(21)29(27,28)16-6-4-14(2)5-7-16;5-4-2-1-3-4/h7-14,18-19,21H,3-6,15-16H2,1-2H3,(H,29,33);4-9,12-13,15,17,22H,3,10-11H2,1-2H3;4H,1-3,5H2/t18-,21+;15-,17+;/m11./s1. The van der Waals surface area contributed by atoms with Crippen molar-refractivity contribution in [2.24, 2.45) is 17.6 Å². The first-order valence-electron chi connectivity index (χ1n) is 24.6. The molecule has 4 N–H and O–H groups in total. The summed E-state index contributed by atoms with van der Waals surface area (Å²) in [5, 5.41) is 6.63. The molecule has 6 aromatic heterocycles. The van der Waals surface area contributed by atoms with Crippen LogP contribution in [0, 0.1) is 25.7 Å². The van der Waals surface area contributed by atoms with E-state index in [0.717, 1.165) is 72.5 Å². The van der Waals surface area contributed by atoms with E-state index in [4.69, 9.17) is 5.73 Å². The molecule has 0 unspecified atom stereocenters. The van der Waals surface area contributed by atoms with Crippen LogP contribution in [-0.4, -0.2) is 103 Å². The van der Waals surface area contributed by atoms with Gasteiger partial charge in [0.15, 0.2) is 22.6 Å². The normalized spacial score (nSPS) is 20.8. The lowest BCUT2D eigenvalue weighted by Crippen LogP contribution is -2.46. The van der Waals surface area contributed by atoms with Gasteiger partial charge in [0.05, 0.1) is 33.2 Å². The number of likely N-dealkylation sites (tertiary alicyclic amines) is 1. The van der Waals surface area contributed by atoms with Gasteiger partial charge in [0, 0.05) is 79.7 Å². The fourth-order valence-electron chi connectivity index (χ4n) is 10.2. The van der Waals surface area contributed by atoms with Gasteiger partial charge in [-0.15, -0.1) is 0 Å². The van der Waals surface area contributed by atoms with E-state index in [1.165, 1.54) is 33.6 Å². The number of imidazole rings is 2. The van der Waals surface area contributed by atoms with Gasteiger partial charge in [0.1, 0.15) is 0 Å². The van der Waals surface area contributed by atoms with Crippen LogP contribution in [0.5, 0.6) is 0 Å². The summed E-state index contributed by atoms with van der Waals surface area (Å²) in [5.41, 5.74) is 13.1. The van der Waals surface area contributed by atoms with E-state index in [9.17, 15) is 21.6 Å². The second kappa shape index (κ2) is 19.2. The number of nitrogens with zero attached hydrogens (tertiary/aromatic N) is 9. The van der Waals surface area contributed by atoms with Crippen LogP contribution in [0.4, 0.5) is 4.79 Å². The van der Waals surface area contributed by atoms with Gasteiger partial charge in [-0.25, -0.2) is 49.5 Å². The van der Waals surface area contributed by atoms with Crippen molar-refractivity contribution < 1.29 is 21.6 Å². The number of nitrogens with one attached hydrogen (secondary N) is 2. The maximum Gasteiger partial charge on any atom is 0.317 e. The first-order chi connectivity index (χ1) is 33.8. The number of hydrogen-bond donors (Lipinski definition) is 3. The van der Waals surface area contributed by atoms with Gasteiger partial charge < -0.3 is 21.3 Å². The Morgan fingerprint density at radius 3 is 1.57 bits per heavy atom. The minimum atomic E-state index is -3.81. The highest BCUT2D eigenvalue weighted by molar-refractivity contribution is 7.90. The summed E-state index contributed by atoms with van der Waals surface area (Å²) in [6.07, 6.45) is 19.4. The molecular formula is C51H62N12O5S2. The number of rotatable bonds is 9. The number of carbonyl (C=O) groups excluding carboxylic acids is 1. The summed E-state index contributed by atoms with van der Waals surface area (Å²) in [5.74, 6) is 1.27. The summed E-state index contributed by atoms with van der Waals surface area (Å²) in [7, 11) is -7.54. The molecule has 4 aliphatic rings. The van der Waals surface area contributed by atoms with Crippen LogP contribution >= 0.6 is 0 Å². The van der Waals surface area contributed by atoms with Crippen molar-refractivity contribution in [2.75, 3.05) is 26.2 Å².